The standard InChI is InChI=1S/C26H28N2O5S/c1-16(24(30)32-5)27-23(29)22(28-25(31)33-26(2,3)4)21(17-11-7-6-8-12-17)20-15-18-13-9-10-14-19(18)34-20/h6-16H,1-5H3,(H,27,29)(H,28,31)/b22-21+. The zero-order valence-electron chi connectivity index (χ0n) is 19.8. The smallest absolute Gasteiger partial charge is 0.412 e. The zero-order chi connectivity index (χ0) is 24.9. The van der Waals surface area contributed by atoms with Crippen molar-refractivity contribution in [3.8, 4) is 0 Å². The van der Waals surface area contributed by atoms with Gasteiger partial charge in [0.25, 0.3) is 5.91 Å². The minimum atomic E-state index is -0.924. The molecule has 3 aromatic rings. The Labute approximate surface area is 202 Å². The first-order chi connectivity index (χ1) is 16.1. The third kappa shape index (κ3) is 6.23. The first-order valence-corrected chi connectivity index (χ1v) is 11.6. The molecule has 1 atom stereocenters. The van der Waals surface area contributed by atoms with E-state index in [2.05, 4.69) is 10.6 Å². The topological polar surface area (TPSA) is 93.7 Å². The third-order valence-electron chi connectivity index (χ3n) is 4.74. The molecule has 0 fully saturated rings. The number of fused-ring (bicyclic) bond motifs is 1. The highest BCUT2D eigenvalue weighted by molar-refractivity contribution is 7.20. The molecule has 8 heteroatoms. The molecular weight excluding hydrogens is 452 g/mol. The van der Waals surface area contributed by atoms with Crippen LogP contribution < -0.4 is 10.6 Å². The molecule has 0 aliphatic heterocycles. The monoisotopic (exact) mass is 480 g/mol. The second-order valence-corrected chi connectivity index (χ2v) is 9.69. The molecular formula is C26H28N2O5S. The van der Waals surface area contributed by atoms with Crippen LogP contribution in [-0.2, 0) is 19.1 Å². The van der Waals surface area contributed by atoms with Gasteiger partial charge in [0, 0.05) is 15.2 Å². The van der Waals surface area contributed by atoms with E-state index in [-0.39, 0.29) is 5.70 Å². The molecule has 0 saturated heterocycles. The van der Waals surface area contributed by atoms with Crippen LogP contribution in [0.4, 0.5) is 4.79 Å². The van der Waals surface area contributed by atoms with Crippen LogP contribution in [-0.4, -0.2) is 36.7 Å². The SMILES string of the molecule is COC(=O)C(C)NC(=O)/C(NC(=O)OC(C)(C)C)=C(/c1ccccc1)c1cc2ccccc2s1. The van der Waals surface area contributed by atoms with Crippen molar-refractivity contribution in [2.24, 2.45) is 0 Å². The number of benzene rings is 2. The van der Waals surface area contributed by atoms with E-state index in [1.54, 1.807) is 20.8 Å². The van der Waals surface area contributed by atoms with E-state index in [0.717, 1.165) is 20.5 Å². The Bertz CT molecular complexity index is 1190. The number of esters is 1. The average Bonchev–Trinajstić information content (AvgIpc) is 3.21. The molecule has 0 bridgehead atoms. The summed E-state index contributed by atoms with van der Waals surface area (Å²) in [5, 5.41) is 6.26. The van der Waals surface area contributed by atoms with Crippen LogP contribution in [0.5, 0.6) is 0 Å². The van der Waals surface area contributed by atoms with Gasteiger partial charge < -0.3 is 14.8 Å². The van der Waals surface area contributed by atoms with Crippen molar-refractivity contribution in [3.05, 3.63) is 76.8 Å². The van der Waals surface area contributed by atoms with Gasteiger partial charge in [0.1, 0.15) is 17.3 Å². The number of thiophene rings is 1. The lowest BCUT2D eigenvalue weighted by Crippen LogP contribution is -2.44. The molecule has 2 aromatic carbocycles. The van der Waals surface area contributed by atoms with Gasteiger partial charge in [0.15, 0.2) is 0 Å². The number of alkyl carbamates (subject to hydrolysis) is 1. The Balaban J connectivity index is 2.19. The number of hydrogen-bond acceptors (Lipinski definition) is 6. The number of methoxy groups -OCH3 is 1. The van der Waals surface area contributed by atoms with Crippen molar-refractivity contribution in [2.45, 2.75) is 39.3 Å². The summed E-state index contributed by atoms with van der Waals surface area (Å²) in [6.45, 7) is 6.72. The number of carbonyl (C=O) groups is 3. The van der Waals surface area contributed by atoms with Gasteiger partial charge in [-0.2, -0.15) is 0 Å². The van der Waals surface area contributed by atoms with Crippen LogP contribution in [0.3, 0.4) is 0 Å². The molecule has 2 N–H and O–H groups in total. The molecule has 3 rings (SSSR count). The molecule has 0 saturated carbocycles. The molecule has 2 amide bonds. The lowest BCUT2D eigenvalue weighted by Gasteiger charge is -2.22. The second kappa shape index (κ2) is 10.5. The highest BCUT2D eigenvalue weighted by atomic mass is 32.1. The van der Waals surface area contributed by atoms with Crippen LogP contribution in [0.1, 0.15) is 38.1 Å². The number of ether oxygens (including phenoxy) is 2. The Hall–Kier alpha value is -3.65. The van der Waals surface area contributed by atoms with Crippen molar-refractivity contribution in [3.63, 3.8) is 0 Å². The van der Waals surface area contributed by atoms with E-state index < -0.39 is 29.6 Å². The molecule has 178 valence electrons. The second-order valence-electron chi connectivity index (χ2n) is 8.61. The van der Waals surface area contributed by atoms with E-state index in [9.17, 15) is 14.4 Å². The maximum Gasteiger partial charge on any atom is 0.412 e. The number of nitrogens with one attached hydrogen (secondary N) is 2. The number of hydrogen-bond donors (Lipinski definition) is 2. The Morgan fingerprint density at radius 2 is 1.62 bits per heavy atom. The van der Waals surface area contributed by atoms with E-state index >= 15 is 0 Å². The summed E-state index contributed by atoms with van der Waals surface area (Å²) < 4.78 is 11.2. The summed E-state index contributed by atoms with van der Waals surface area (Å²) in [6, 6.07) is 18.2. The Kier molecular flexibility index (Phi) is 7.73. The van der Waals surface area contributed by atoms with Crippen LogP contribution in [0.25, 0.3) is 15.7 Å². The van der Waals surface area contributed by atoms with Crippen LogP contribution in [0, 0.1) is 0 Å². The van der Waals surface area contributed by atoms with E-state index in [1.807, 2.05) is 60.7 Å². The molecule has 1 unspecified atom stereocenters. The van der Waals surface area contributed by atoms with Crippen molar-refractivity contribution in [1.29, 1.82) is 0 Å². The first-order valence-electron chi connectivity index (χ1n) is 10.8. The van der Waals surface area contributed by atoms with Gasteiger partial charge >= 0.3 is 12.1 Å². The fourth-order valence-corrected chi connectivity index (χ4v) is 4.40. The summed E-state index contributed by atoms with van der Waals surface area (Å²) in [5.74, 6) is -1.24. The van der Waals surface area contributed by atoms with Gasteiger partial charge in [-0.05, 0) is 50.8 Å². The molecule has 0 spiro atoms. The predicted octanol–water partition coefficient (Wildman–Crippen LogP) is 4.86. The van der Waals surface area contributed by atoms with Crippen molar-refractivity contribution in [2.75, 3.05) is 7.11 Å². The average molecular weight is 481 g/mol. The molecule has 34 heavy (non-hydrogen) atoms. The highest BCUT2D eigenvalue weighted by Crippen LogP contribution is 2.35. The minimum Gasteiger partial charge on any atom is -0.467 e. The highest BCUT2D eigenvalue weighted by Gasteiger charge is 2.27. The normalized spacial score (nSPS) is 13.0. The van der Waals surface area contributed by atoms with Gasteiger partial charge in [-0.3, -0.25) is 10.1 Å². The van der Waals surface area contributed by atoms with Crippen LogP contribution in [0.2, 0.25) is 0 Å². The summed E-state index contributed by atoms with van der Waals surface area (Å²) in [5.41, 5.74) is 0.446. The molecule has 7 nitrogen and oxygen atoms in total. The van der Waals surface area contributed by atoms with Crippen molar-refractivity contribution >= 4 is 45.0 Å². The molecule has 0 aliphatic rings. The summed E-state index contributed by atoms with van der Waals surface area (Å²) in [6.07, 6.45) is -0.780. The van der Waals surface area contributed by atoms with Gasteiger partial charge in [-0.1, -0.05) is 48.5 Å². The number of amides is 2. The fraction of sp³-hybridized carbons (Fsp3) is 0.269. The van der Waals surface area contributed by atoms with Crippen molar-refractivity contribution < 1.29 is 23.9 Å². The maximum absolute atomic E-state index is 13.4. The van der Waals surface area contributed by atoms with E-state index in [1.165, 1.54) is 25.4 Å². The quantitative estimate of drug-likeness (QED) is 0.388. The fourth-order valence-electron chi connectivity index (χ4n) is 3.26. The Morgan fingerprint density at radius 3 is 2.24 bits per heavy atom. The van der Waals surface area contributed by atoms with E-state index in [4.69, 9.17) is 9.47 Å². The summed E-state index contributed by atoms with van der Waals surface area (Å²) >= 11 is 1.49. The Morgan fingerprint density at radius 1 is 0.971 bits per heavy atom. The lowest BCUT2D eigenvalue weighted by atomic mass is 10.0. The number of carbonyl (C=O) groups excluding carboxylic acids is 3. The van der Waals surface area contributed by atoms with Gasteiger partial charge in [-0.25, -0.2) is 9.59 Å². The first kappa shape index (κ1) is 25.0. The predicted molar refractivity (Wildman–Crippen MR) is 133 cm³/mol. The molecule has 0 aliphatic carbocycles. The summed E-state index contributed by atoms with van der Waals surface area (Å²) in [4.78, 5) is 38.9. The largest absolute Gasteiger partial charge is 0.467 e. The minimum absolute atomic E-state index is 0.0252. The molecule has 1 heterocycles. The van der Waals surface area contributed by atoms with E-state index in [0.29, 0.717) is 5.57 Å². The maximum atomic E-state index is 13.4. The zero-order valence-corrected chi connectivity index (χ0v) is 20.6. The van der Waals surface area contributed by atoms with Gasteiger partial charge in [0.2, 0.25) is 0 Å². The number of rotatable bonds is 6. The van der Waals surface area contributed by atoms with Gasteiger partial charge in [0.05, 0.1) is 7.11 Å². The lowest BCUT2D eigenvalue weighted by molar-refractivity contribution is -0.144. The van der Waals surface area contributed by atoms with Crippen molar-refractivity contribution in [1.82, 2.24) is 10.6 Å². The summed E-state index contributed by atoms with van der Waals surface area (Å²) in [7, 11) is 1.24. The third-order valence-corrected chi connectivity index (χ3v) is 5.87. The molecule has 0 radical (unpaired) electrons. The van der Waals surface area contributed by atoms with Gasteiger partial charge in [-0.15, -0.1) is 11.3 Å². The molecule has 1 aromatic heterocycles. The van der Waals surface area contributed by atoms with Crippen LogP contribution in [0.15, 0.2) is 66.4 Å². The van der Waals surface area contributed by atoms with Crippen LogP contribution >= 0.6 is 11.3 Å².